The van der Waals surface area contributed by atoms with Crippen molar-refractivity contribution in [2.24, 2.45) is 0 Å². The van der Waals surface area contributed by atoms with E-state index in [4.69, 9.17) is 4.74 Å². The van der Waals surface area contributed by atoms with Gasteiger partial charge in [-0.3, -0.25) is 4.79 Å². The Labute approximate surface area is 109 Å². The van der Waals surface area contributed by atoms with E-state index in [1.807, 2.05) is 11.4 Å². The quantitative estimate of drug-likeness (QED) is 0.677. The van der Waals surface area contributed by atoms with Crippen LogP contribution in [0.25, 0.3) is 6.08 Å². The maximum atomic E-state index is 11.7. The van der Waals surface area contributed by atoms with Crippen LogP contribution in [-0.2, 0) is 0 Å². The number of phenols is 1. The SMILES string of the molecule is COc1ccc(C=CC(=O)c2cccs2)cc1O. The lowest BCUT2D eigenvalue weighted by Gasteiger charge is -2.03. The van der Waals surface area contributed by atoms with E-state index in [0.29, 0.717) is 10.6 Å². The average Bonchev–Trinajstić information content (AvgIpc) is 2.90. The molecule has 0 spiro atoms. The molecule has 0 bridgehead atoms. The van der Waals surface area contributed by atoms with E-state index in [1.165, 1.54) is 24.5 Å². The first kappa shape index (κ1) is 12.4. The lowest BCUT2D eigenvalue weighted by molar-refractivity contribution is 0.105. The summed E-state index contributed by atoms with van der Waals surface area (Å²) in [5, 5.41) is 11.5. The molecule has 0 atom stereocenters. The molecule has 1 aromatic carbocycles. The molecule has 3 nitrogen and oxygen atoms in total. The van der Waals surface area contributed by atoms with Crippen LogP contribution in [0.2, 0.25) is 0 Å². The largest absolute Gasteiger partial charge is 0.504 e. The molecule has 2 rings (SSSR count). The molecular weight excluding hydrogens is 248 g/mol. The molecule has 0 fully saturated rings. The first-order valence-corrected chi connectivity index (χ1v) is 6.21. The van der Waals surface area contributed by atoms with Crippen molar-refractivity contribution in [2.45, 2.75) is 0 Å². The standard InChI is InChI=1S/C14H12O3S/c1-17-13-7-5-10(9-12(13)16)4-6-11(15)14-3-2-8-18-14/h2-9,16H,1H3. The molecule has 0 saturated heterocycles. The number of hydrogen-bond donors (Lipinski definition) is 1. The highest BCUT2D eigenvalue weighted by atomic mass is 32.1. The predicted octanol–water partition coefficient (Wildman–Crippen LogP) is 3.36. The van der Waals surface area contributed by atoms with Gasteiger partial charge in [-0.05, 0) is 35.2 Å². The predicted molar refractivity (Wildman–Crippen MR) is 72.3 cm³/mol. The molecule has 1 N–H and O–H groups in total. The van der Waals surface area contributed by atoms with Gasteiger partial charge < -0.3 is 9.84 Å². The molecular formula is C14H12O3S. The van der Waals surface area contributed by atoms with Crippen molar-refractivity contribution < 1.29 is 14.6 Å². The third-order valence-electron chi connectivity index (χ3n) is 2.39. The molecule has 0 saturated carbocycles. The van der Waals surface area contributed by atoms with Crippen LogP contribution < -0.4 is 4.74 Å². The molecule has 1 aromatic heterocycles. The van der Waals surface area contributed by atoms with Crippen molar-refractivity contribution in [2.75, 3.05) is 7.11 Å². The zero-order valence-corrected chi connectivity index (χ0v) is 10.6. The smallest absolute Gasteiger partial charge is 0.195 e. The van der Waals surface area contributed by atoms with E-state index < -0.39 is 0 Å². The lowest BCUT2D eigenvalue weighted by Crippen LogP contribution is -1.89. The number of rotatable bonds is 4. The second-order valence-electron chi connectivity index (χ2n) is 3.61. The first-order valence-electron chi connectivity index (χ1n) is 5.33. The lowest BCUT2D eigenvalue weighted by atomic mass is 10.1. The summed E-state index contributed by atoms with van der Waals surface area (Å²) in [6, 6.07) is 8.60. The third-order valence-corrected chi connectivity index (χ3v) is 3.28. The number of methoxy groups -OCH3 is 1. The Hall–Kier alpha value is -2.07. The highest BCUT2D eigenvalue weighted by Crippen LogP contribution is 2.26. The number of allylic oxidation sites excluding steroid dienone is 1. The Bertz CT molecular complexity index is 571. The Morgan fingerprint density at radius 1 is 1.39 bits per heavy atom. The summed E-state index contributed by atoms with van der Waals surface area (Å²) in [5.74, 6) is 0.431. The van der Waals surface area contributed by atoms with Gasteiger partial charge >= 0.3 is 0 Å². The van der Waals surface area contributed by atoms with Crippen LogP contribution in [0.5, 0.6) is 11.5 Å². The monoisotopic (exact) mass is 260 g/mol. The molecule has 0 aliphatic rings. The Morgan fingerprint density at radius 3 is 2.83 bits per heavy atom. The van der Waals surface area contributed by atoms with E-state index in [0.717, 1.165) is 5.56 Å². The van der Waals surface area contributed by atoms with Crippen molar-refractivity contribution >= 4 is 23.2 Å². The molecule has 0 aliphatic carbocycles. The molecule has 1 heterocycles. The highest BCUT2D eigenvalue weighted by molar-refractivity contribution is 7.12. The number of thiophene rings is 1. The van der Waals surface area contributed by atoms with Crippen LogP contribution in [0.4, 0.5) is 0 Å². The summed E-state index contributed by atoms with van der Waals surface area (Å²) < 4.78 is 4.95. The fraction of sp³-hybridized carbons (Fsp3) is 0.0714. The number of benzene rings is 1. The van der Waals surface area contributed by atoms with Crippen molar-refractivity contribution in [3.8, 4) is 11.5 Å². The summed E-state index contributed by atoms with van der Waals surface area (Å²) in [7, 11) is 1.49. The zero-order chi connectivity index (χ0) is 13.0. The molecule has 2 aromatic rings. The molecule has 4 heteroatoms. The zero-order valence-electron chi connectivity index (χ0n) is 9.79. The van der Waals surface area contributed by atoms with Gasteiger partial charge in [0.1, 0.15) is 0 Å². The number of carbonyl (C=O) groups is 1. The third kappa shape index (κ3) is 2.78. The van der Waals surface area contributed by atoms with E-state index in [-0.39, 0.29) is 11.5 Å². The van der Waals surface area contributed by atoms with E-state index in [1.54, 1.807) is 30.3 Å². The minimum absolute atomic E-state index is 0.0414. The van der Waals surface area contributed by atoms with Gasteiger partial charge in [0.05, 0.1) is 12.0 Å². The van der Waals surface area contributed by atoms with Crippen molar-refractivity contribution in [3.05, 3.63) is 52.2 Å². The topological polar surface area (TPSA) is 46.5 Å². The van der Waals surface area contributed by atoms with Crippen molar-refractivity contribution in [3.63, 3.8) is 0 Å². The number of ketones is 1. The van der Waals surface area contributed by atoms with Gasteiger partial charge in [0.2, 0.25) is 0 Å². The maximum absolute atomic E-state index is 11.7. The van der Waals surface area contributed by atoms with Crippen LogP contribution in [0.15, 0.2) is 41.8 Å². The molecule has 0 amide bonds. The number of aromatic hydroxyl groups is 1. The second kappa shape index (κ2) is 5.51. The second-order valence-corrected chi connectivity index (χ2v) is 4.55. The van der Waals surface area contributed by atoms with Crippen LogP contribution in [0, 0.1) is 0 Å². The summed E-state index contributed by atoms with van der Waals surface area (Å²) >= 11 is 1.41. The normalized spacial score (nSPS) is 10.7. The van der Waals surface area contributed by atoms with Crippen LogP contribution in [-0.4, -0.2) is 18.0 Å². The van der Waals surface area contributed by atoms with Crippen LogP contribution in [0.1, 0.15) is 15.2 Å². The van der Waals surface area contributed by atoms with Crippen molar-refractivity contribution in [1.29, 1.82) is 0 Å². The summed E-state index contributed by atoms with van der Waals surface area (Å²) in [4.78, 5) is 12.4. The van der Waals surface area contributed by atoms with Crippen molar-refractivity contribution in [1.82, 2.24) is 0 Å². The minimum Gasteiger partial charge on any atom is -0.504 e. The van der Waals surface area contributed by atoms with Gasteiger partial charge in [0, 0.05) is 0 Å². The van der Waals surface area contributed by atoms with Gasteiger partial charge in [-0.25, -0.2) is 0 Å². The fourth-order valence-corrected chi connectivity index (χ4v) is 2.13. The van der Waals surface area contributed by atoms with Gasteiger partial charge in [-0.2, -0.15) is 0 Å². The highest BCUT2D eigenvalue weighted by Gasteiger charge is 2.03. The number of phenolic OH excluding ortho intramolecular Hbond substituents is 1. The summed E-state index contributed by atoms with van der Waals surface area (Å²) in [6.07, 6.45) is 3.16. The maximum Gasteiger partial charge on any atom is 0.195 e. The molecule has 0 radical (unpaired) electrons. The molecule has 0 aliphatic heterocycles. The molecule has 0 unspecified atom stereocenters. The first-order chi connectivity index (χ1) is 8.70. The van der Waals surface area contributed by atoms with E-state index in [2.05, 4.69) is 0 Å². The van der Waals surface area contributed by atoms with Gasteiger partial charge in [-0.15, -0.1) is 11.3 Å². The van der Waals surface area contributed by atoms with Crippen LogP contribution in [0.3, 0.4) is 0 Å². The Kier molecular flexibility index (Phi) is 3.79. The Balaban J connectivity index is 2.14. The molecule has 92 valence electrons. The van der Waals surface area contributed by atoms with Gasteiger partial charge in [-0.1, -0.05) is 18.2 Å². The van der Waals surface area contributed by atoms with Gasteiger partial charge in [0.25, 0.3) is 0 Å². The number of hydrogen-bond acceptors (Lipinski definition) is 4. The Morgan fingerprint density at radius 2 is 2.22 bits per heavy atom. The molecule has 18 heavy (non-hydrogen) atoms. The summed E-state index contributed by atoms with van der Waals surface area (Å²) in [5.41, 5.74) is 0.748. The average molecular weight is 260 g/mol. The minimum atomic E-state index is -0.0414. The van der Waals surface area contributed by atoms with E-state index >= 15 is 0 Å². The van der Waals surface area contributed by atoms with Crippen LogP contribution >= 0.6 is 11.3 Å². The summed E-state index contributed by atoms with van der Waals surface area (Å²) in [6.45, 7) is 0. The fourth-order valence-electron chi connectivity index (χ4n) is 1.48. The van der Waals surface area contributed by atoms with E-state index in [9.17, 15) is 9.90 Å². The number of carbonyl (C=O) groups excluding carboxylic acids is 1. The van der Waals surface area contributed by atoms with Gasteiger partial charge in [0.15, 0.2) is 17.3 Å². The number of ether oxygens (including phenoxy) is 1.